The first-order chi connectivity index (χ1) is 19.4. The molecule has 3 heterocycles. The van der Waals surface area contributed by atoms with Gasteiger partial charge in [0, 0.05) is 31.7 Å². The zero-order chi connectivity index (χ0) is 28.2. The molecule has 3 unspecified atom stereocenters. The Kier molecular flexibility index (Phi) is 8.66. The third-order valence-corrected chi connectivity index (χ3v) is 6.96. The number of rotatable bonds is 8. The van der Waals surface area contributed by atoms with E-state index < -0.39 is 0 Å². The van der Waals surface area contributed by atoms with Gasteiger partial charge in [0.2, 0.25) is 6.79 Å². The summed E-state index contributed by atoms with van der Waals surface area (Å²) in [6.45, 7) is 8.21. The standard InChI is InChI=1S/C29H33ClN4O6/c1-6-25(34-13-17(2)39-18(3)14-34)40-24-12-22-20(11-23(24)36-5)29(32-15-31-22)33-26-21(30)10-19(8-7-9-35-4)27-28(26)38-16-37-27/h10-12,15,17-18,25H,6,9,13-14,16H2,1-5H3,(H,31,32,33). The number of halogens is 1. The van der Waals surface area contributed by atoms with Crippen LogP contribution in [0.15, 0.2) is 24.5 Å². The van der Waals surface area contributed by atoms with Gasteiger partial charge in [0.25, 0.3) is 0 Å². The summed E-state index contributed by atoms with van der Waals surface area (Å²) in [7, 11) is 3.20. The van der Waals surface area contributed by atoms with E-state index in [4.69, 9.17) is 40.0 Å². The van der Waals surface area contributed by atoms with Crippen LogP contribution in [-0.2, 0) is 9.47 Å². The molecule has 5 rings (SSSR count). The fourth-order valence-corrected chi connectivity index (χ4v) is 5.24. The van der Waals surface area contributed by atoms with Crippen molar-refractivity contribution < 1.29 is 28.4 Å². The van der Waals surface area contributed by atoms with Crippen LogP contribution in [0.5, 0.6) is 23.0 Å². The molecule has 0 aliphatic carbocycles. The maximum atomic E-state index is 6.68. The first-order valence-electron chi connectivity index (χ1n) is 13.2. The normalized spacial score (nSPS) is 19.1. The van der Waals surface area contributed by atoms with Gasteiger partial charge in [-0.2, -0.15) is 0 Å². The van der Waals surface area contributed by atoms with E-state index in [2.05, 4.69) is 52.8 Å². The molecule has 0 bridgehead atoms. The van der Waals surface area contributed by atoms with Crippen LogP contribution in [0, 0.1) is 11.8 Å². The van der Waals surface area contributed by atoms with Crippen molar-refractivity contribution in [1.82, 2.24) is 14.9 Å². The van der Waals surface area contributed by atoms with Crippen molar-refractivity contribution in [2.45, 2.75) is 45.6 Å². The molecule has 1 fully saturated rings. The number of aromatic nitrogens is 2. The first-order valence-corrected chi connectivity index (χ1v) is 13.5. The molecule has 10 nitrogen and oxygen atoms in total. The second-order valence-electron chi connectivity index (χ2n) is 9.64. The van der Waals surface area contributed by atoms with Crippen molar-refractivity contribution in [2.24, 2.45) is 0 Å². The highest BCUT2D eigenvalue weighted by atomic mass is 35.5. The van der Waals surface area contributed by atoms with Crippen LogP contribution in [0.3, 0.4) is 0 Å². The Bertz CT molecular complexity index is 1430. The molecule has 3 aromatic rings. The van der Waals surface area contributed by atoms with Crippen LogP contribution >= 0.6 is 11.6 Å². The molecule has 212 valence electrons. The minimum atomic E-state index is -0.136. The Labute approximate surface area is 238 Å². The summed E-state index contributed by atoms with van der Waals surface area (Å²) in [5.74, 6) is 8.61. The molecule has 1 aromatic heterocycles. The molecule has 1 N–H and O–H groups in total. The van der Waals surface area contributed by atoms with E-state index in [-0.39, 0.29) is 31.8 Å². The van der Waals surface area contributed by atoms with E-state index in [1.165, 1.54) is 6.33 Å². The average Bonchev–Trinajstić information content (AvgIpc) is 3.43. The van der Waals surface area contributed by atoms with Gasteiger partial charge in [0.15, 0.2) is 29.2 Å². The average molecular weight is 569 g/mol. The minimum absolute atomic E-state index is 0.0572. The van der Waals surface area contributed by atoms with Gasteiger partial charge in [-0.1, -0.05) is 30.4 Å². The van der Waals surface area contributed by atoms with Gasteiger partial charge in [-0.15, -0.1) is 0 Å². The number of ether oxygens (including phenoxy) is 6. The molecule has 40 heavy (non-hydrogen) atoms. The predicted octanol–water partition coefficient (Wildman–Crippen LogP) is 4.99. The second kappa shape index (κ2) is 12.4. The van der Waals surface area contributed by atoms with E-state index in [1.54, 1.807) is 20.3 Å². The highest BCUT2D eigenvalue weighted by molar-refractivity contribution is 6.34. The summed E-state index contributed by atoms with van der Waals surface area (Å²) in [5.41, 5.74) is 1.82. The van der Waals surface area contributed by atoms with E-state index in [0.717, 1.165) is 24.9 Å². The van der Waals surface area contributed by atoms with Gasteiger partial charge >= 0.3 is 0 Å². The molecule has 0 saturated carbocycles. The molecule has 0 amide bonds. The Morgan fingerprint density at radius 3 is 2.60 bits per heavy atom. The van der Waals surface area contributed by atoms with Crippen LogP contribution in [0.2, 0.25) is 5.02 Å². The van der Waals surface area contributed by atoms with Crippen molar-refractivity contribution in [3.05, 3.63) is 35.1 Å². The molecule has 2 aliphatic heterocycles. The zero-order valence-corrected chi connectivity index (χ0v) is 24.0. The number of nitrogens with zero attached hydrogens (tertiary/aromatic N) is 3. The Hall–Kier alpha value is -3.49. The SMILES string of the molecule is CCC(Oc1cc2ncnc(Nc3c(Cl)cc(C#CCOC)c4c3OCO4)c2cc1OC)N1CC(C)OC(C)C1. The predicted molar refractivity (Wildman–Crippen MR) is 152 cm³/mol. The van der Waals surface area contributed by atoms with Crippen molar-refractivity contribution >= 4 is 34.0 Å². The van der Waals surface area contributed by atoms with Gasteiger partial charge in [0.1, 0.15) is 24.4 Å². The van der Waals surface area contributed by atoms with Crippen LogP contribution in [-0.4, -0.2) is 74.0 Å². The number of methoxy groups -OCH3 is 2. The largest absolute Gasteiger partial charge is 0.493 e. The van der Waals surface area contributed by atoms with E-state index in [0.29, 0.717) is 50.6 Å². The Balaban J connectivity index is 1.47. The molecule has 11 heteroatoms. The first kappa shape index (κ1) is 28.1. The lowest BCUT2D eigenvalue weighted by Crippen LogP contribution is -2.51. The third-order valence-electron chi connectivity index (χ3n) is 6.67. The van der Waals surface area contributed by atoms with Crippen LogP contribution in [0.1, 0.15) is 32.8 Å². The van der Waals surface area contributed by atoms with Gasteiger partial charge in [-0.25, -0.2) is 9.97 Å². The number of hydrogen-bond acceptors (Lipinski definition) is 10. The molecule has 3 atom stereocenters. The summed E-state index contributed by atoms with van der Waals surface area (Å²) in [6.07, 6.45) is 2.42. The third kappa shape index (κ3) is 5.83. The number of fused-ring (bicyclic) bond motifs is 2. The summed E-state index contributed by atoms with van der Waals surface area (Å²) in [4.78, 5) is 11.3. The van der Waals surface area contributed by atoms with Gasteiger partial charge in [0.05, 0.1) is 35.4 Å². The highest BCUT2D eigenvalue weighted by Crippen LogP contribution is 2.47. The smallest absolute Gasteiger partial charge is 0.231 e. The number of benzene rings is 2. The van der Waals surface area contributed by atoms with Crippen molar-refractivity contribution in [3.8, 4) is 34.8 Å². The molecule has 1 saturated heterocycles. The number of nitrogens with one attached hydrogen (secondary N) is 1. The van der Waals surface area contributed by atoms with Crippen molar-refractivity contribution in [2.75, 3.05) is 46.0 Å². The monoisotopic (exact) mass is 568 g/mol. The summed E-state index contributed by atoms with van der Waals surface area (Å²) < 4.78 is 34.6. The quantitative estimate of drug-likeness (QED) is 0.374. The number of anilines is 2. The van der Waals surface area contributed by atoms with Crippen LogP contribution in [0.4, 0.5) is 11.5 Å². The minimum Gasteiger partial charge on any atom is -0.493 e. The van der Waals surface area contributed by atoms with Gasteiger partial charge in [-0.3, -0.25) is 4.90 Å². The lowest BCUT2D eigenvalue weighted by Gasteiger charge is -2.39. The molecule has 2 aliphatic rings. The highest BCUT2D eigenvalue weighted by Gasteiger charge is 2.29. The molecule has 0 spiro atoms. The van der Waals surface area contributed by atoms with Gasteiger partial charge in [-0.05, 0) is 32.4 Å². The van der Waals surface area contributed by atoms with E-state index >= 15 is 0 Å². The lowest BCUT2D eigenvalue weighted by molar-refractivity contribution is -0.113. The van der Waals surface area contributed by atoms with E-state index in [9.17, 15) is 0 Å². The van der Waals surface area contributed by atoms with Gasteiger partial charge < -0.3 is 33.7 Å². The summed E-state index contributed by atoms with van der Waals surface area (Å²) in [6, 6.07) is 5.46. The zero-order valence-electron chi connectivity index (χ0n) is 23.2. The molecule has 0 radical (unpaired) electrons. The topological polar surface area (TPSA) is 96.4 Å². The Morgan fingerprint density at radius 2 is 1.88 bits per heavy atom. The lowest BCUT2D eigenvalue weighted by atomic mass is 10.1. The number of morpholine rings is 1. The van der Waals surface area contributed by atoms with Crippen molar-refractivity contribution in [3.63, 3.8) is 0 Å². The maximum absolute atomic E-state index is 6.68. The van der Waals surface area contributed by atoms with E-state index in [1.807, 2.05) is 12.1 Å². The fourth-order valence-electron chi connectivity index (χ4n) is 5.00. The molecule has 2 aromatic carbocycles. The maximum Gasteiger partial charge on any atom is 0.231 e. The number of hydrogen-bond donors (Lipinski definition) is 1. The second-order valence-corrected chi connectivity index (χ2v) is 10.0. The fraction of sp³-hybridized carbons (Fsp3) is 0.448. The van der Waals surface area contributed by atoms with Crippen molar-refractivity contribution in [1.29, 1.82) is 0 Å². The van der Waals surface area contributed by atoms with Crippen LogP contribution < -0.4 is 24.3 Å². The summed E-state index contributed by atoms with van der Waals surface area (Å²) in [5, 5.41) is 4.44. The Morgan fingerprint density at radius 1 is 1.10 bits per heavy atom. The molecular weight excluding hydrogens is 536 g/mol. The van der Waals surface area contributed by atoms with Crippen LogP contribution in [0.25, 0.3) is 10.9 Å². The summed E-state index contributed by atoms with van der Waals surface area (Å²) >= 11 is 6.68. The molecular formula is C29H33ClN4O6.